The van der Waals surface area contributed by atoms with Gasteiger partial charge in [-0.2, -0.15) is 4.31 Å². The molecule has 5 nitrogen and oxygen atoms in total. The molecule has 1 aromatic carbocycles. The number of piperazine rings is 1. The monoisotopic (exact) mass is 456 g/mol. The van der Waals surface area contributed by atoms with E-state index < -0.39 is 10.0 Å². The quantitative estimate of drug-likeness (QED) is 0.693. The standard InChI is InChI=1S/C18H21BrN2O3S2/c1-14-2-4-15(5-3-14)6-8-17(22)20-10-12-21(13-11-20)26(23,24)18-9-7-16(19)25-18/h2-5,7,9H,6,8,10-13H2,1H3. The minimum absolute atomic E-state index is 0.0847. The maximum absolute atomic E-state index is 12.6. The van der Waals surface area contributed by atoms with Crippen LogP contribution in [0.15, 0.2) is 44.4 Å². The lowest BCUT2D eigenvalue weighted by Gasteiger charge is -2.33. The number of hydrogen-bond donors (Lipinski definition) is 0. The van der Waals surface area contributed by atoms with Crippen LogP contribution in [0.2, 0.25) is 0 Å². The van der Waals surface area contributed by atoms with Crippen LogP contribution in [0.3, 0.4) is 0 Å². The summed E-state index contributed by atoms with van der Waals surface area (Å²) in [6, 6.07) is 11.5. The molecule has 0 aliphatic carbocycles. The van der Waals surface area contributed by atoms with Crippen molar-refractivity contribution in [2.24, 2.45) is 0 Å². The number of thiophene rings is 1. The van der Waals surface area contributed by atoms with Gasteiger partial charge in [0.15, 0.2) is 0 Å². The van der Waals surface area contributed by atoms with Crippen molar-refractivity contribution >= 4 is 43.2 Å². The van der Waals surface area contributed by atoms with Crippen LogP contribution in [0.4, 0.5) is 0 Å². The Morgan fingerprint density at radius 3 is 2.31 bits per heavy atom. The molecule has 2 heterocycles. The maximum Gasteiger partial charge on any atom is 0.252 e. The second-order valence-electron chi connectivity index (χ2n) is 6.33. The molecular weight excluding hydrogens is 436 g/mol. The first-order chi connectivity index (χ1) is 12.4. The SMILES string of the molecule is Cc1ccc(CCC(=O)N2CCN(S(=O)(=O)c3ccc(Br)s3)CC2)cc1. The summed E-state index contributed by atoms with van der Waals surface area (Å²) < 4.78 is 27.9. The highest BCUT2D eigenvalue weighted by Gasteiger charge is 2.30. The largest absolute Gasteiger partial charge is 0.340 e. The van der Waals surface area contributed by atoms with Crippen LogP contribution in [-0.2, 0) is 21.2 Å². The van der Waals surface area contributed by atoms with Gasteiger partial charge in [0.05, 0.1) is 3.79 Å². The predicted octanol–water partition coefficient (Wildman–Crippen LogP) is 3.28. The highest BCUT2D eigenvalue weighted by atomic mass is 79.9. The molecule has 0 atom stereocenters. The van der Waals surface area contributed by atoms with Crippen LogP contribution in [0.5, 0.6) is 0 Å². The van der Waals surface area contributed by atoms with Crippen molar-refractivity contribution < 1.29 is 13.2 Å². The number of amides is 1. The third-order valence-electron chi connectivity index (χ3n) is 4.48. The van der Waals surface area contributed by atoms with Gasteiger partial charge in [0.1, 0.15) is 4.21 Å². The van der Waals surface area contributed by atoms with E-state index >= 15 is 0 Å². The van der Waals surface area contributed by atoms with E-state index in [-0.39, 0.29) is 5.91 Å². The van der Waals surface area contributed by atoms with Gasteiger partial charge in [-0.25, -0.2) is 8.42 Å². The molecule has 1 aliphatic rings. The lowest BCUT2D eigenvalue weighted by molar-refractivity contribution is -0.132. The number of rotatable bonds is 5. The third kappa shape index (κ3) is 4.54. The number of sulfonamides is 1. The van der Waals surface area contributed by atoms with Crippen molar-refractivity contribution in [2.45, 2.75) is 24.0 Å². The van der Waals surface area contributed by atoms with Crippen molar-refractivity contribution in [2.75, 3.05) is 26.2 Å². The van der Waals surface area contributed by atoms with E-state index in [9.17, 15) is 13.2 Å². The Morgan fingerprint density at radius 2 is 1.73 bits per heavy atom. The molecule has 1 aromatic heterocycles. The molecule has 0 unspecified atom stereocenters. The van der Waals surface area contributed by atoms with Gasteiger partial charge in [0.25, 0.3) is 10.0 Å². The van der Waals surface area contributed by atoms with Gasteiger partial charge < -0.3 is 4.90 Å². The summed E-state index contributed by atoms with van der Waals surface area (Å²) in [5.41, 5.74) is 2.35. The molecule has 0 N–H and O–H groups in total. The fraction of sp³-hybridized carbons (Fsp3) is 0.389. The summed E-state index contributed by atoms with van der Waals surface area (Å²) >= 11 is 4.51. The Morgan fingerprint density at radius 1 is 1.08 bits per heavy atom. The zero-order valence-electron chi connectivity index (χ0n) is 14.5. The van der Waals surface area contributed by atoms with Crippen LogP contribution in [0.1, 0.15) is 17.5 Å². The number of hydrogen-bond acceptors (Lipinski definition) is 4. The van der Waals surface area contributed by atoms with Gasteiger partial charge in [-0.05, 0) is 47.0 Å². The predicted molar refractivity (Wildman–Crippen MR) is 107 cm³/mol. The summed E-state index contributed by atoms with van der Waals surface area (Å²) in [6.45, 7) is 3.61. The zero-order valence-corrected chi connectivity index (χ0v) is 17.7. The molecule has 0 saturated carbocycles. The van der Waals surface area contributed by atoms with Gasteiger partial charge in [0, 0.05) is 32.6 Å². The first-order valence-corrected chi connectivity index (χ1v) is 11.5. The Bertz CT molecular complexity index is 870. The van der Waals surface area contributed by atoms with Gasteiger partial charge >= 0.3 is 0 Å². The Kier molecular flexibility index (Phi) is 6.17. The molecule has 3 rings (SSSR count). The highest BCUT2D eigenvalue weighted by Crippen LogP contribution is 2.29. The smallest absolute Gasteiger partial charge is 0.252 e. The average molecular weight is 457 g/mol. The third-order valence-corrected chi connectivity index (χ3v) is 8.47. The number of halogens is 1. The maximum atomic E-state index is 12.6. The molecule has 140 valence electrons. The number of carbonyl (C=O) groups is 1. The second kappa shape index (κ2) is 8.21. The average Bonchev–Trinajstić information content (AvgIpc) is 3.08. The summed E-state index contributed by atoms with van der Waals surface area (Å²) in [7, 11) is -3.47. The fourth-order valence-corrected chi connectivity index (χ4v) is 6.49. The summed E-state index contributed by atoms with van der Waals surface area (Å²) in [4.78, 5) is 14.2. The molecular formula is C18H21BrN2O3S2. The first kappa shape index (κ1) is 19.5. The number of carbonyl (C=O) groups excluding carboxylic acids is 1. The van der Waals surface area contributed by atoms with Crippen LogP contribution in [0.25, 0.3) is 0 Å². The van der Waals surface area contributed by atoms with Crippen LogP contribution < -0.4 is 0 Å². The Hall–Kier alpha value is -1.22. The topological polar surface area (TPSA) is 57.7 Å². The molecule has 1 aliphatic heterocycles. The fourth-order valence-electron chi connectivity index (χ4n) is 2.91. The van der Waals surface area contributed by atoms with E-state index in [0.29, 0.717) is 43.2 Å². The van der Waals surface area contributed by atoms with E-state index in [1.807, 2.05) is 31.2 Å². The molecule has 26 heavy (non-hydrogen) atoms. The van der Waals surface area contributed by atoms with Crippen molar-refractivity contribution in [3.05, 3.63) is 51.3 Å². The second-order valence-corrected chi connectivity index (χ2v) is 11.0. The van der Waals surface area contributed by atoms with Crippen LogP contribution in [-0.4, -0.2) is 49.7 Å². The van der Waals surface area contributed by atoms with E-state index in [0.717, 1.165) is 9.35 Å². The summed E-state index contributed by atoms with van der Waals surface area (Å²) in [5.74, 6) is 0.0847. The highest BCUT2D eigenvalue weighted by molar-refractivity contribution is 9.11. The van der Waals surface area contributed by atoms with Gasteiger partial charge in [-0.3, -0.25) is 4.79 Å². The first-order valence-electron chi connectivity index (χ1n) is 8.45. The van der Waals surface area contributed by atoms with Gasteiger partial charge in [-0.15, -0.1) is 11.3 Å². The molecule has 1 amide bonds. The summed E-state index contributed by atoms with van der Waals surface area (Å²) in [6.07, 6.45) is 1.16. The lowest BCUT2D eigenvalue weighted by Crippen LogP contribution is -2.50. The molecule has 0 spiro atoms. The van der Waals surface area contributed by atoms with Gasteiger partial charge in [-0.1, -0.05) is 29.8 Å². The summed E-state index contributed by atoms with van der Waals surface area (Å²) in [5, 5.41) is 0. The Balaban J connectivity index is 1.53. The Labute approximate surface area is 166 Å². The normalized spacial score (nSPS) is 16.0. The van der Waals surface area contributed by atoms with E-state index in [2.05, 4.69) is 15.9 Å². The molecule has 0 radical (unpaired) electrons. The number of aryl methyl sites for hydroxylation is 2. The van der Waals surface area contributed by atoms with Gasteiger partial charge in [0.2, 0.25) is 5.91 Å². The zero-order chi connectivity index (χ0) is 18.7. The van der Waals surface area contributed by atoms with Crippen molar-refractivity contribution in [1.82, 2.24) is 9.21 Å². The minimum Gasteiger partial charge on any atom is -0.340 e. The molecule has 2 aromatic rings. The van der Waals surface area contributed by atoms with Crippen LogP contribution >= 0.6 is 27.3 Å². The molecule has 0 bridgehead atoms. The van der Waals surface area contributed by atoms with E-state index in [1.165, 1.54) is 21.2 Å². The molecule has 1 fully saturated rings. The molecule has 8 heteroatoms. The van der Waals surface area contributed by atoms with Crippen LogP contribution in [0, 0.1) is 6.92 Å². The number of nitrogens with zero attached hydrogens (tertiary/aromatic N) is 2. The number of benzene rings is 1. The van der Waals surface area contributed by atoms with Crippen molar-refractivity contribution in [1.29, 1.82) is 0 Å². The minimum atomic E-state index is -3.47. The van der Waals surface area contributed by atoms with Crippen molar-refractivity contribution in [3.8, 4) is 0 Å². The van der Waals surface area contributed by atoms with E-state index in [1.54, 1.807) is 17.0 Å². The molecule has 1 saturated heterocycles. The van der Waals surface area contributed by atoms with Crippen molar-refractivity contribution in [3.63, 3.8) is 0 Å². The lowest BCUT2D eigenvalue weighted by atomic mass is 10.1. The van der Waals surface area contributed by atoms with E-state index in [4.69, 9.17) is 0 Å².